The number of hydrogen-bond donors (Lipinski definition) is 2. The van der Waals surface area contributed by atoms with E-state index in [1.165, 1.54) is 6.20 Å². The van der Waals surface area contributed by atoms with Gasteiger partial charge in [0, 0.05) is 25.5 Å². The third-order valence-corrected chi connectivity index (χ3v) is 5.73. The van der Waals surface area contributed by atoms with Crippen molar-refractivity contribution in [3.8, 4) is 5.75 Å². The van der Waals surface area contributed by atoms with Crippen molar-refractivity contribution in [1.82, 2.24) is 15.0 Å². The average molecular weight is 454 g/mol. The lowest BCUT2D eigenvalue weighted by atomic mass is 10.1. The van der Waals surface area contributed by atoms with Crippen molar-refractivity contribution >= 4 is 29.2 Å². The molecule has 1 unspecified atom stereocenters. The number of nitrogens with zero attached hydrogens (tertiary/aromatic N) is 4. The highest BCUT2D eigenvalue weighted by atomic mass is 35.5. The second kappa shape index (κ2) is 9.93. The fraction of sp³-hybridized carbons (Fsp3) is 0.304. The minimum Gasteiger partial charge on any atom is -0.495 e. The molecule has 0 spiro atoms. The van der Waals surface area contributed by atoms with E-state index < -0.39 is 0 Å². The molecule has 32 heavy (non-hydrogen) atoms. The molecule has 2 aromatic heterocycles. The Hall–Kier alpha value is -3.23. The number of nitrogens with one attached hydrogen (secondary N) is 1. The van der Waals surface area contributed by atoms with Gasteiger partial charge in [0.25, 0.3) is 0 Å². The molecular weight excluding hydrogens is 430 g/mol. The summed E-state index contributed by atoms with van der Waals surface area (Å²) in [5.74, 6) is 1.21. The number of anilines is 2. The van der Waals surface area contributed by atoms with Crippen molar-refractivity contribution in [3.05, 3.63) is 70.6 Å². The zero-order valence-electron chi connectivity index (χ0n) is 17.7. The number of aliphatic hydroxyl groups excluding tert-OH is 1. The van der Waals surface area contributed by atoms with Crippen LogP contribution in [0.4, 0.5) is 11.8 Å². The zero-order valence-corrected chi connectivity index (χ0v) is 18.4. The Balaban J connectivity index is 1.65. The van der Waals surface area contributed by atoms with E-state index >= 15 is 0 Å². The number of ether oxygens (including phenoxy) is 1. The standard InChI is InChI=1S/C23H24ClN5O3/c1-32-20-8-7-15(11-18(20)24)12-26-22-17(21(31)19-6-2-3-9-25-19)13-27-23(28-22)29-10-4-5-16(29)14-30/h2-3,6-9,11,13,16,30H,4-5,10,12,14H2,1H3,(H,26,27,28). The number of halogens is 1. The quantitative estimate of drug-likeness (QED) is 0.501. The topological polar surface area (TPSA) is 100 Å². The molecule has 1 fully saturated rings. The highest BCUT2D eigenvalue weighted by Crippen LogP contribution is 2.27. The molecule has 1 atom stereocenters. The minimum absolute atomic E-state index is 0.0272. The van der Waals surface area contributed by atoms with E-state index in [0.29, 0.717) is 40.3 Å². The first-order valence-corrected chi connectivity index (χ1v) is 10.7. The van der Waals surface area contributed by atoms with E-state index in [0.717, 1.165) is 24.9 Å². The van der Waals surface area contributed by atoms with Crippen LogP contribution in [0.5, 0.6) is 5.75 Å². The second-order valence-corrected chi connectivity index (χ2v) is 7.88. The molecule has 1 aromatic carbocycles. The summed E-state index contributed by atoms with van der Waals surface area (Å²) in [5, 5.41) is 13.4. The molecule has 0 bridgehead atoms. The molecule has 0 aliphatic carbocycles. The summed E-state index contributed by atoms with van der Waals surface area (Å²) in [6, 6.07) is 10.6. The van der Waals surface area contributed by atoms with Gasteiger partial charge in [0.15, 0.2) is 0 Å². The number of carbonyl (C=O) groups excluding carboxylic acids is 1. The minimum atomic E-state index is -0.271. The molecule has 1 aliphatic heterocycles. The first kappa shape index (κ1) is 22.0. The molecule has 0 amide bonds. The van der Waals surface area contributed by atoms with Gasteiger partial charge in [-0.2, -0.15) is 4.98 Å². The number of ketones is 1. The Morgan fingerprint density at radius 3 is 2.91 bits per heavy atom. The summed E-state index contributed by atoms with van der Waals surface area (Å²) in [6.07, 6.45) is 4.93. The van der Waals surface area contributed by atoms with Crippen LogP contribution in [0.3, 0.4) is 0 Å². The number of benzene rings is 1. The van der Waals surface area contributed by atoms with Crippen LogP contribution in [0.25, 0.3) is 0 Å². The smallest absolute Gasteiger partial charge is 0.227 e. The third-order valence-electron chi connectivity index (χ3n) is 5.44. The number of aromatic nitrogens is 3. The lowest BCUT2D eigenvalue weighted by Gasteiger charge is -2.24. The summed E-state index contributed by atoms with van der Waals surface area (Å²) in [5.41, 5.74) is 1.54. The van der Waals surface area contributed by atoms with E-state index in [-0.39, 0.29) is 18.4 Å². The number of carbonyl (C=O) groups is 1. The van der Waals surface area contributed by atoms with Gasteiger partial charge in [-0.25, -0.2) is 4.98 Å². The second-order valence-electron chi connectivity index (χ2n) is 7.47. The molecule has 2 N–H and O–H groups in total. The van der Waals surface area contributed by atoms with Crippen molar-refractivity contribution < 1.29 is 14.6 Å². The Bertz CT molecular complexity index is 1100. The number of aliphatic hydroxyl groups is 1. The molecule has 1 aliphatic rings. The Morgan fingerprint density at radius 1 is 1.31 bits per heavy atom. The average Bonchev–Trinajstić information content (AvgIpc) is 3.32. The summed E-state index contributed by atoms with van der Waals surface area (Å²) >= 11 is 6.25. The van der Waals surface area contributed by atoms with E-state index in [1.807, 2.05) is 11.0 Å². The maximum atomic E-state index is 13.1. The molecule has 9 heteroatoms. The lowest BCUT2D eigenvalue weighted by molar-refractivity contribution is 0.103. The van der Waals surface area contributed by atoms with Crippen LogP contribution < -0.4 is 15.0 Å². The van der Waals surface area contributed by atoms with Crippen LogP contribution in [0, 0.1) is 0 Å². The van der Waals surface area contributed by atoms with Gasteiger partial charge in [-0.15, -0.1) is 0 Å². The van der Waals surface area contributed by atoms with Gasteiger partial charge >= 0.3 is 0 Å². The van der Waals surface area contributed by atoms with Crippen LogP contribution in [0.2, 0.25) is 5.02 Å². The first-order valence-electron chi connectivity index (χ1n) is 10.4. The number of hydrogen-bond acceptors (Lipinski definition) is 8. The number of pyridine rings is 1. The van der Waals surface area contributed by atoms with Crippen LogP contribution in [-0.4, -0.2) is 52.1 Å². The maximum absolute atomic E-state index is 13.1. The molecule has 3 heterocycles. The van der Waals surface area contributed by atoms with E-state index in [1.54, 1.807) is 43.6 Å². The molecule has 4 rings (SSSR count). The van der Waals surface area contributed by atoms with Crippen molar-refractivity contribution in [3.63, 3.8) is 0 Å². The van der Waals surface area contributed by atoms with Gasteiger partial charge in [0.05, 0.1) is 30.3 Å². The molecule has 3 aromatic rings. The predicted molar refractivity (Wildman–Crippen MR) is 122 cm³/mol. The number of methoxy groups -OCH3 is 1. The molecule has 0 saturated carbocycles. The van der Waals surface area contributed by atoms with Crippen molar-refractivity contribution in [2.45, 2.75) is 25.4 Å². The fourth-order valence-electron chi connectivity index (χ4n) is 3.74. The molecular formula is C23H24ClN5O3. The van der Waals surface area contributed by atoms with Crippen molar-refractivity contribution in [1.29, 1.82) is 0 Å². The van der Waals surface area contributed by atoms with Gasteiger partial charge in [0.2, 0.25) is 11.7 Å². The Kier molecular flexibility index (Phi) is 6.82. The van der Waals surface area contributed by atoms with E-state index in [4.69, 9.17) is 16.3 Å². The van der Waals surface area contributed by atoms with E-state index in [2.05, 4.69) is 20.3 Å². The molecule has 8 nitrogen and oxygen atoms in total. The van der Waals surface area contributed by atoms with Gasteiger partial charge in [0.1, 0.15) is 17.3 Å². The maximum Gasteiger partial charge on any atom is 0.227 e. The summed E-state index contributed by atoms with van der Waals surface area (Å²) in [6.45, 7) is 1.18. The van der Waals surface area contributed by atoms with Gasteiger partial charge in [-0.05, 0) is 42.7 Å². The first-order chi connectivity index (χ1) is 15.6. The third kappa shape index (κ3) is 4.66. The van der Waals surface area contributed by atoms with Gasteiger partial charge in [-0.3, -0.25) is 9.78 Å². The van der Waals surface area contributed by atoms with Crippen molar-refractivity contribution in [2.75, 3.05) is 30.5 Å². The van der Waals surface area contributed by atoms with Crippen LogP contribution >= 0.6 is 11.6 Å². The molecule has 0 radical (unpaired) electrons. The van der Waals surface area contributed by atoms with Crippen LogP contribution in [0.1, 0.15) is 34.5 Å². The van der Waals surface area contributed by atoms with Crippen molar-refractivity contribution in [2.24, 2.45) is 0 Å². The van der Waals surface area contributed by atoms with Gasteiger partial charge < -0.3 is 20.1 Å². The zero-order chi connectivity index (χ0) is 22.5. The Morgan fingerprint density at radius 2 is 2.19 bits per heavy atom. The summed E-state index contributed by atoms with van der Waals surface area (Å²) in [4.78, 5) is 28.3. The fourth-order valence-corrected chi connectivity index (χ4v) is 4.02. The van der Waals surface area contributed by atoms with Crippen LogP contribution in [-0.2, 0) is 6.54 Å². The van der Waals surface area contributed by atoms with Crippen LogP contribution in [0.15, 0.2) is 48.8 Å². The monoisotopic (exact) mass is 453 g/mol. The van der Waals surface area contributed by atoms with E-state index in [9.17, 15) is 9.90 Å². The Labute approximate surface area is 191 Å². The summed E-state index contributed by atoms with van der Waals surface area (Å²) < 4.78 is 5.21. The molecule has 166 valence electrons. The predicted octanol–water partition coefficient (Wildman–Crippen LogP) is 3.34. The molecule has 1 saturated heterocycles. The largest absolute Gasteiger partial charge is 0.495 e. The normalized spacial score (nSPS) is 15.6. The lowest BCUT2D eigenvalue weighted by Crippen LogP contribution is -2.33. The van der Waals surface area contributed by atoms with Gasteiger partial charge in [-0.1, -0.05) is 23.7 Å². The number of rotatable bonds is 8. The highest BCUT2D eigenvalue weighted by molar-refractivity contribution is 6.32. The SMILES string of the molecule is COc1ccc(CNc2nc(N3CCCC3CO)ncc2C(=O)c2ccccn2)cc1Cl. The highest BCUT2D eigenvalue weighted by Gasteiger charge is 2.27. The summed E-state index contributed by atoms with van der Waals surface area (Å²) in [7, 11) is 1.56.